The first-order chi connectivity index (χ1) is 23.5. The van der Waals surface area contributed by atoms with E-state index in [9.17, 15) is 4.79 Å². The second-order valence-electron chi connectivity index (χ2n) is 20.1. The minimum atomic E-state index is -2.02. The zero-order valence-corrected chi connectivity index (χ0v) is 37.2. The average Bonchev–Trinajstić information content (AvgIpc) is 3.35. The van der Waals surface area contributed by atoms with Crippen molar-refractivity contribution >= 4 is 22.6 Å². The van der Waals surface area contributed by atoms with Gasteiger partial charge in [0, 0.05) is 6.42 Å². The molecule has 4 aliphatic carbocycles. The van der Waals surface area contributed by atoms with E-state index < -0.39 is 16.6 Å². The van der Waals surface area contributed by atoms with Crippen LogP contribution in [0.1, 0.15) is 146 Å². The van der Waals surface area contributed by atoms with Gasteiger partial charge in [-0.15, -0.1) is 0 Å². The molecule has 3 fully saturated rings. The molecule has 3 saturated carbocycles. The highest BCUT2D eigenvalue weighted by atomic mass is 28.4. The van der Waals surface area contributed by atoms with Crippen molar-refractivity contribution < 1.29 is 23.1 Å². The monoisotopic (exact) mass is 741 g/mol. The summed E-state index contributed by atoms with van der Waals surface area (Å²) in [5.74, 6) is 0.223. The Hall–Kier alpha value is -1.26. The van der Waals surface area contributed by atoms with Gasteiger partial charge >= 0.3 is 5.97 Å². The van der Waals surface area contributed by atoms with E-state index in [0.29, 0.717) is 5.92 Å². The molecule has 0 N–H and O–H groups in total. The third-order valence-corrected chi connectivity index (χ3v) is 23.0. The number of fused-ring (bicyclic) bond motifs is 1. The Balaban J connectivity index is 1.48. The van der Waals surface area contributed by atoms with Crippen molar-refractivity contribution in [1.82, 2.24) is 0 Å². The smallest absolute Gasteiger partial charge is 0.332 e. The summed E-state index contributed by atoms with van der Waals surface area (Å²) in [5, 5.41) is 0.274. The number of carbonyl (C=O) groups is 1. The molecule has 0 aromatic heterocycles. The number of ether oxygens (including phenoxy) is 2. The Labute approximate surface area is 315 Å². The summed E-state index contributed by atoms with van der Waals surface area (Å²) in [6.45, 7) is 34.7. The molecule has 0 radical (unpaired) electrons. The van der Waals surface area contributed by atoms with Crippen molar-refractivity contribution in [2.24, 2.45) is 11.3 Å². The first-order valence-electron chi connectivity index (χ1n) is 20.5. The molecule has 0 saturated heterocycles. The Morgan fingerprint density at radius 1 is 0.902 bits per heavy atom. The summed E-state index contributed by atoms with van der Waals surface area (Å²) in [6.07, 6.45) is 21.3. The van der Waals surface area contributed by atoms with Crippen LogP contribution in [-0.4, -0.2) is 53.1 Å². The Bertz CT molecular complexity index is 1330. The number of hydrogen-bond donors (Lipinski definition) is 0. The topological polar surface area (TPSA) is 54.0 Å². The quantitative estimate of drug-likeness (QED) is 0.127. The van der Waals surface area contributed by atoms with Crippen LogP contribution < -0.4 is 0 Å². The van der Waals surface area contributed by atoms with Crippen LogP contribution >= 0.6 is 0 Å². The molecule has 290 valence electrons. The molecule has 0 heterocycles. The Morgan fingerprint density at radius 3 is 2.10 bits per heavy atom. The van der Waals surface area contributed by atoms with Gasteiger partial charge in [0.2, 0.25) is 0 Å². The first-order valence-corrected chi connectivity index (χ1v) is 26.3. The molecule has 5 atom stereocenters. The molecule has 51 heavy (non-hydrogen) atoms. The highest BCUT2D eigenvalue weighted by Crippen LogP contribution is 2.56. The lowest BCUT2D eigenvalue weighted by Gasteiger charge is -2.45. The van der Waals surface area contributed by atoms with Gasteiger partial charge in [-0.3, -0.25) is 0 Å². The lowest BCUT2D eigenvalue weighted by atomic mass is 9.63. The third kappa shape index (κ3) is 10.3. The lowest BCUT2D eigenvalue weighted by molar-refractivity contribution is -0.166. The number of esters is 1. The van der Waals surface area contributed by atoms with Crippen LogP contribution in [0.5, 0.6) is 0 Å². The Kier molecular flexibility index (Phi) is 13.5. The maximum absolute atomic E-state index is 13.0. The average molecular weight is 741 g/mol. The fourth-order valence-electron chi connectivity index (χ4n) is 8.59. The van der Waals surface area contributed by atoms with Crippen molar-refractivity contribution in [2.45, 2.75) is 206 Å². The maximum atomic E-state index is 13.0. The lowest BCUT2D eigenvalue weighted by Crippen LogP contribution is -2.49. The molecule has 0 aromatic carbocycles. The summed E-state index contributed by atoms with van der Waals surface area (Å²) < 4.78 is 26.5. The summed E-state index contributed by atoms with van der Waals surface area (Å²) in [6, 6.07) is 0. The molecule has 5 nitrogen and oxygen atoms in total. The van der Waals surface area contributed by atoms with E-state index in [-0.39, 0.29) is 52.0 Å². The van der Waals surface area contributed by atoms with E-state index in [2.05, 4.69) is 113 Å². The number of rotatable bonds is 10. The summed E-state index contributed by atoms with van der Waals surface area (Å²) in [7, 11) is -3.99. The van der Waals surface area contributed by atoms with Gasteiger partial charge in [0.25, 0.3) is 0 Å². The molecule has 7 heteroatoms. The zero-order chi connectivity index (χ0) is 38.0. The predicted molar refractivity (Wildman–Crippen MR) is 219 cm³/mol. The summed E-state index contributed by atoms with van der Waals surface area (Å²) in [5.41, 5.74) is 4.97. The first kappa shape index (κ1) is 42.5. The molecule has 4 rings (SSSR count). The Morgan fingerprint density at radius 2 is 1.49 bits per heavy atom. The van der Waals surface area contributed by atoms with Crippen LogP contribution in [0.25, 0.3) is 0 Å². The minimum Gasteiger partial charge on any atom is -0.458 e. The van der Waals surface area contributed by atoms with E-state index in [4.69, 9.17) is 18.3 Å². The van der Waals surface area contributed by atoms with Gasteiger partial charge in [0.15, 0.2) is 16.6 Å². The van der Waals surface area contributed by atoms with Crippen LogP contribution in [0.3, 0.4) is 0 Å². The van der Waals surface area contributed by atoms with Crippen LogP contribution in [0.2, 0.25) is 36.3 Å². The zero-order valence-electron chi connectivity index (χ0n) is 35.2. The fraction of sp³-hybridized carbons (Fsp3) is 0.795. The predicted octanol–water partition coefficient (Wildman–Crippen LogP) is 12.6. The van der Waals surface area contributed by atoms with Crippen molar-refractivity contribution in [3.63, 3.8) is 0 Å². The number of allylic oxidation sites excluding steroid dienone is 4. The van der Waals surface area contributed by atoms with E-state index >= 15 is 0 Å². The SMILES string of the molecule is C=C1/C(=C\C=C2/CCC[C@]3(C)C(C(C)OCC(=O)OC4(C)CCCCCCC4)=CC[C@@H]23)C[C@@H](O[Si](C)(C)C(C)(C)C)C[C@@H]1O[Si](C)(C)C(C)(C)C. The van der Waals surface area contributed by atoms with Crippen LogP contribution in [0, 0.1) is 11.3 Å². The van der Waals surface area contributed by atoms with E-state index in [1.165, 1.54) is 36.0 Å². The van der Waals surface area contributed by atoms with Crippen LogP contribution in [0.4, 0.5) is 0 Å². The second kappa shape index (κ2) is 16.2. The van der Waals surface area contributed by atoms with Gasteiger partial charge in [-0.05, 0) is 136 Å². The van der Waals surface area contributed by atoms with Gasteiger partial charge in [-0.25, -0.2) is 4.79 Å². The molecule has 0 amide bonds. The second-order valence-corrected chi connectivity index (χ2v) is 29.6. The highest BCUT2D eigenvalue weighted by molar-refractivity contribution is 6.74. The van der Waals surface area contributed by atoms with Crippen molar-refractivity contribution in [2.75, 3.05) is 6.61 Å². The number of hydrogen-bond acceptors (Lipinski definition) is 5. The minimum absolute atomic E-state index is 0.0159. The number of carbonyl (C=O) groups excluding carboxylic acids is 1. The summed E-state index contributed by atoms with van der Waals surface area (Å²) >= 11 is 0. The molecular weight excluding hydrogens is 665 g/mol. The fourth-order valence-corrected chi connectivity index (χ4v) is 11.3. The highest BCUT2D eigenvalue weighted by Gasteiger charge is 2.47. The normalized spacial score (nSPS) is 30.4. The van der Waals surface area contributed by atoms with Crippen molar-refractivity contribution in [3.8, 4) is 0 Å². The van der Waals surface area contributed by atoms with Crippen LogP contribution in [0.15, 0.2) is 47.1 Å². The van der Waals surface area contributed by atoms with Gasteiger partial charge in [-0.1, -0.05) is 98.1 Å². The molecule has 0 bridgehead atoms. The van der Waals surface area contributed by atoms with E-state index in [1.807, 2.05) is 0 Å². The third-order valence-electron chi connectivity index (χ3n) is 14.0. The van der Waals surface area contributed by atoms with Gasteiger partial charge in [0.1, 0.15) is 12.2 Å². The maximum Gasteiger partial charge on any atom is 0.332 e. The van der Waals surface area contributed by atoms with Crippen molar-refractivity contribution in [1.29, 1.82) is 0 Å². The van der Waals surface area contributed by atoms with E-state index in [1.54, 1.807) is 0 Å². The van der Waals surface area contributed by atoms with Gasteiger partial charge < -0.3 is 18.3 Å². The standard InChI is InChI=1S/C44H76O5Si2/c1-32-35(29-36(48-50(11,12)41(3,4)5)30-39(32)49-51(13,14)42(6,7)8)23-22-34-21-20-28-44(10)37(24-25-38(34)44)33(2)46-31-40(45)47-43(9)26-18-16-15-17-19-27-43/h22-24,33,36,38-39H,1,15-21,25-31H2,2-14H3/b34-22+,35-23-/t33?,36-,38+,39+,44-/m1/s1. The molecule has 0 aromatic rings. The summed E-state index contributed by atoms with van der Waals surface area (Å²) in [4.78, 5) is 13.0. The largest absolute Gasteiger partial charge is 0.458 e. The van der Waals surface area contributed by atoms with Gasteiger partial charge in [0.05, 0.1) is 18.3 Å². The van der Waals surface area contributed by atoms with Crippen LogP contribution in [-0.2, 0) is 23.1 Å². The molecule has 1 unspecified atom stereocenters. The van der Waals surface area contributed by atoms with Gasteiger partial charge in [-0.2, -0.15) is 0 Å². The van der Waals surface area contributed by atoms with Crippen molar-refractivity contribution in [3.05, 3.63) is 47.1 Å². The van der Waals surface area contributed by atoms with E-state index in [0.717, 1.165) is 69.8 Å². The molecule has 4 aliphatic rings. The molecule has 0 aliphatic heterocycles. The molecular formula is C44H76O5Si2. The molecule has 0 spiro atoms.